The van der Waals surface area contributed by atoms with Gasteiger partial charge in [-0.2, -0.15) is 0 Å². The van der Waals surface area contributed by atoms with Crippen LogP contribution in [0.2, 0.25) is 0 Å². The highest BCUT2D eigenvalue weighted by Crippen LogP contribution is 2.33. The number of ether oxygens (including phenoxy) is 1. The van der Waals surface area contributed by atoms with E-state index in [-0.39, 0.29) is 0 Å². The molecule has 0 bridgehead atoms. The molecule has 28 heavy (non-hydrogen) atoms. The number of rotatable bonds is 5. The van der Waals surface area contributed by atoms with Crippen LogP contribution in [-0.2, 0) is 6.54 Å². The van der Waals surface area contributed by atoms with E-state index in [1.54, 1.807) is 6.20 Å². The maximum atomic E-state index is 5.97. The lowest BCUT2D eigenvalue weighted by atomic mass is 10.1. The van der Waals surface area contributed by atoms with Gasteiger partial charge in [0.2, 0.25) is 0 Å². The highest BCUT2D eigenvalue weighted by atomic mass is 16.5. The van der Waals surface area contributed by atoms with E-state index in [0.29, 0.717) is 6.61 Å². The van der Waals surface area contributed by atoms with Crippen LogP contribution in [0.4, 0.5) is 0 Å². The van der Waals surface area contributed by atoms with Gasteiger partial charge in [-0.1, -0.05) is 42.5 Å². The summed E-state index contributed by atoms with van der Waals surface area (Å²) in [4.78, 5) is 9.21. The van der Waals surface area contributed by atoms with Crippen molar-refractivity contribution >= 4 is 21.8 Å². The maximum absolute atomic E-state index is 5.97. The van der Waals surface area contributed by atoms with Crippen molar-refractivity contribution in [2.24, 2.45) is 0 Å². The summed E-state index contributed by atoms with van der Waals surface area (Å²) in [5.74, 6) is 0.881. The first-order valence-corrected chi connectivity index (χ1v) is 9.37. The van der Waals surface area contributed by atoms with E-state index in [0.717, 1.165) is 29.2 Å². The van der Waals surface area contributed by atoms with Crippen LogP contribution in [0.15, 0.2) is 91.3 Å². The Morgan fingerprint density at radius 3 is 2.39 bits per heavy atom. The van der Waals surface area contributed by atoms with Gasteiger partial charge in [0.05, 0.1) is 17.8 Å². The maximum Gasteiger partial charge on any atom is 0.119 e. The zero-order chi connectivity index (χ0) is 18.8. The Morgan fingerprint density at radius 1 is 0.714 bits per heavy atom. The van der Waals surface area contributed by atoms with E-state index in [9.17, 15) is 0 Å². The summed E-state index contributed by atoms with van der Waals surface area (Å²) in [7, 11) is 0. The Balaban J connectivity index is 1.63. The Kier molecular flexibility index (Phi) is 4.22. The van der Waals surface area contributed by atoms with Crippen molar-refractivity contribution in [3.8, 4) is 17.1 Å². The van der Waals surface area contributed by atoms with Gasteiger partial charge in [0, 0.05) is 28.7 Å². The number of pyridine rings is 2. The number of hydrogen-bond donors (Lipinski definition) is 0. The molecule has 0 aliphatic heterocycles. The van der Waals surface area contributed by atoms with Crippen molar-refractivity contribution in [3.63, 3.8) is 0 Å². The predicted octanol–water partition coefficient (Wildman–Crippen LogP) is 5.33. The molecule has 3 aromatic heterocycles. The third-order valence-electron chi connectivity index (χ3n) is 4.91. The summed E-state index contributed by atoms with van der Waals surface area (Å²) >= 11 is 0. The molecule has 0 spiro atoms. The molecule has 0 amide bonds. The fraction of sp³-hybridized carbons (Fsp3) is 0.0833. The molecule has 5 aromatic rings. The topological polar surface area (TPSA) is 39.9 Å². The fourth-order valence-electron chi connectivity index (χ4n) is 3.70. The number of fused-ring (bicyclic) bond motifs is 3. The zero-order valence-electron chi connectivity index (χ0n) is 15.3. The lowest BCUT2D eigenvalue weighted by molar-refractivity contribution is 0.302. The molecule has 0 saturated carbocycles. The summed E-state index contributed by atoms with van der Waals surface area (Å²) in [5.41, 5.74) is 4.05. The van der Waals surface area contributed by atoms with Crippen molar-refractivity contribution in [2.75, 3.05) is 6.61 Å². The summed E-state index contributed by atoms with van der Waals surface area (Å²) in [6, 6.07) is 26.4. The molecule has 0 atom stereocenters. The van der Waals surface area contributed by atoms with Gasteiger partial charge in [0.1, 0.15) is 18.1 Å². The average Bonchev–Trinajstić information content (AvgIpc) is 3.09. The molecule has 0 N–H and O–H groups in total. The van der Waals surface area contributed by atoms with Gasteiger partial charge in [-0.05, 0) is 36.4 Å². The standard InChI is InChI=1S/C24H19N3O/c1-2-8-18(9-3-1)28-17-16-27-22-12-5-4-10-19(22)20-13-15-26-23(24(20)27)21-11-6-7-14-25-21/h1-15H,16-17H2. The highest BCUT2D eigenvalue weighted by Gasteiger charge is 2.16. The summed E-state index contributed by atoms with van der Waals surface area (Å²) in [5, 5.41) is 2.41. The third-order valence-corrected chi connectivity index (χ3v) is 4.91. The first-order chi connectivity index (χ1) is 13.9. The Morgan fingerprint density at radius 2 is 1.54 bits per heavy atom. The smallest absolute Gasteiger partial charge is 0.119 e. The monoisotopic (exact) mass is 365 g/mol. The lowest BCUT2D eigenvalue weighted by Gasteiger charge is -2.11. The predicted molar refractivity (Wildman–Crippen MR) is 112 cm³/mol. The largest absolute Gasteiger partial charge is 0.492 e. The van der Waals surface area contributed by atoms with E-state index < -0.39 is 0 Å². The molecule has 0 aliphatic carbocycles. The van der Waals surface area contributed by atoms with Crippen molar-refractivity contribution in [3.05, 3.63) is 91.3 Å². The molecule has 3 heterocycles. The first-order valence-electron chi connectivity index (χ1n) is 9.37. The van der Waals surface area contributed by atoms with Crippen LogP contribution < -0.4 is 4.74 Å². The van der Waals surface area contributed by atoms with Crippen LogP contribution in [0.25, 0.3) is 33.2 Å². The number of aromatic nitrogens is 3. The van der Waals surface area contributed by atoms with Crippen LogP contribution in [0, 0.1) is 0 Å². The molecule has 0 aliphatic rings. The number of nitrogens with zero attached hydrogens (tertiary/aromatic N) is 3. The van der Waals surface area contributed by atoms with Crippen LogP contribution in [-0.4, -0.2) is 21.1 Å². The average molecular weight is 365 g/mol. The normalized spacial score (nSPS) is 11.1. The molecule has 0 radical (unpaired) electrons. The Bertz CT molecular complexity index is 1230. The number of hydrogen-bond acceptors (Lipinski definition) is 3. The molecule has 0 saturated heterocycles. The molecule has 0 fully saturated rings. The molecule has 2 aromatic carbocycles. The fourth-order valence-corrected chi connectivity index (χ4v) is 3.70. The summed E-state index contributed by atoms with van der Waals surface area (Å²) in [6.07, 6.45) is 3.67. The number of para-hydroxylation sites is 2. The van der Waals surface area contributed by atoms with Crippen molar-refractivity contribution in [2.45, 2.75) is 6.54 Å². The van der Waals surface area contributed by atoms with Gasteiger partial charge in [0.25, 0.3) is 0 Å². The van der Waals surface area contributed by atoms with E-state index >= 15 is 0 Å². The van der Waals surface area contributed by atoms with Crippen molar-refractivity contribution in [1.82, 2.24) is 14.5 Å². The molecule has 136 valence electrons. The van der Waals surface area contributed by atoms with Crippen molar-refractivity contribution in [1.29, 1.82) is 0 Å². The molecular weight excluding hydrogens is 346 g/mol. The molecular formula is C24H19N3O. The third kappa shape index (κ3) is 2.89. The van der Waals surface area contributed by atoms with Gasteiger partial charge in [0.15, 0.2) is 0 Å². The second-order valence-corrected chi connectivity index (χ2v) is 6.60. The second-order valence-electron chi connectivity index (χ2n) is 6.60. The van der Waals surface area contributed by atoms with Crippen LogP contribution >= 0.6 is 0 Å². The van der Waals surface area contributed by atoms with E-state index in [1.807, 2.05) is 54.7 Å². The second kappa shape index (κ2) is 7.16. The SMILES string of the molecule is c1ccc(OCCn2c3ccccc3c3ccnc(-c4ccccn4)c32)cc1. The van der Waals surface area contributed by atoms with Crippen LogP contribution in [0.5, 0.6) is 5.75 Å². The van der Waals surface area contributed by atoms with E-state index in [1.165, 1.54) is 16.3 Å². The van der Waals surface area contributed by atoms with Gasteiger partial charge in [-0.25, -0.2) is 0 Å². The molecule has 0 unspecified atom stereocenters. The molecule has 5 rings (SSSR count). The zero-order valence-corrected chi connectivity index (χ0v) is 15.3. The molecule has 4 nitrogen and oxygen atoms in total. The quantitative estimate of drug-likeness (QED) is 0.423. The van der Waals surface area contributed by atoms with Gasteiger partial charge < -0.3 is 9.30 Å². The minimum Gasteiger partial charge on any atom is -0.492 e. The minimum atomic E-state index is 0.578. The van der Waals surface area contributed by atoms with Crippen molar-refractivity contribution < 1.29 is 4.74 Å². The Hall–Kier alpha value is -3.66. The van der Waals surface area contributed by atoms with Gasteiger partial charge in [-0.15, -0.1) is 0 Å². The van der Waals surface area contributed by atoms with E-state index in [4.69, 9.17) is 4.74 Å². The highest BCUT2D eigenvalue weighted by molar-refractivity contribution is 6.11. The Labute approximate surface area is 163 Å². The minimum absolute atomic E-state index is 0.578. The number of benzene rings is 2. The van der Waals surface area contributed by atoms with E-state index in [2.05, 4.69) is 44.9 Å². The van der Waals surface area contributed by atoms with Gasteiger partial charge in [-0.3, -0.25) is 9.97 Å². The lowest BCUT2D eigenvalue weighted by Crippen LogP contribution is -2.08. The van der Waals surface area contributed by atoms with Gasteiger partial charge >= 0.3 is 0 Å². The van der Waals surface area contributed by atoms with Crippen LogP contribution in [0.1, 0.15) is 0 Å². The summed E-state index contributed by atoms with van der Waals surface area (Å²) < 4.78 is 8.26. The summed E-state index contributed by atoms with van der Waals surface area (Å²) in [6.45, 7) is 1.30. The first kappa shape index (κ1) is 16.5. The molecule has 4 heteroatoms. The van der Waals surface area contributed by atoms with Crippen LogP contribution in [0.3, 0.4) is 0 Å².